The molecule has 2 atom stereocenters. The molecule has 6 heteroatoms. The molecule has 1 aromatic rings. The van der Waals surface area contributed by atoms with E-state index in [9.17, 15) is 14.7 Å². The van der Waals surface area contributed by atoms with Gasteiger partial charge in [0.15, 0.2) is 0 Å². The second kappa shape index (κ2) is 5.81. The lowest BCUT2D eigenvalue weighted by molar-refractivity contribution is -0.142. The summed E-state index contributed by atoms with van der Waals surface area (Å²) in [6.07, 6.45) is 1.65. The molecule has 0 bridgehead atoms. The maximum atomic E-state index is 12.6. The van der Waals surface area contributed by atoms with Gasteiger partial charge in [-0.15, -0.1) is 17.9 Å². The van der Waals surface area contributed by atoms with Crippen molar-refractivity contribution >= 4 is 34.8 Å². The fourth-order valence-corrected chi connectivity index (χ4v) is 3.87. The number of carbonyl (C=O) groups excluding carboxylic acids is 1. The third-order valence-corrected chi connectivity index (χ3v) is 5.21. The molecule has 1 heterocycles. The first-order valence-electron chi connectivity index (χ1n) is 6.65. The number of hydrogen-bond acceptors (Lipinski definition) is 3. The molecule has 0 aromatic carbocycles. The topological polar surface area (TPSA) is 57.6 Å². The number of halogens is 1. The normalized spacial score (nSPS) is 22.6. The Morgan fingerprint density at radius 1 is 1.48 bits per heavy atom. The van der Waals surface area contributed by atoms with Crippen molar-refractivity contribution in [3.8, 4) is 0 Å². The first-order chi connectivity index (χ1) is 9.78. The number of aliphatic carboxylic acids is 1. The van der Waals surface area contributed by atoms with Gasteiger partial charge in [-0.2, -0.15) is 0 Å². The largest absolute Gasteiger partial charge is 0.481 e. The van der Waals surface area contributed by atoms with E-state index in [1.54, 1.807) is 17.0 Å². The molecule has 1 aliphatic rings. The molecule has 1 saturated carbocycles. The molecule has 1 aliphatic carbocycles. The number of rotatable bonds is 6. The zero-order valence-electron chi connectivity index (χ0n) is 12.0. The smallest absolute Gasteiger partial charge is 0.307 e. The Labute approximate surface area is 133 Å². The predicted molar refractivity (Wildman–Crippen MR) is 83.3 cm³/mol. The van der Waals surface area contributed by atoms with Gasteiger partial charge in [-0.3, -0.25) is 9.59 Å². The van der Waals surface area contributed by atoms with E-state index in [0.717, 1.165) is 4.88 Å². The fraction of sp³-hybridized carbons (Fsp3) is 0.467. The summed E-state index contributed by atoms with van der Waals surface area (Å²) in [6, 6.07) is 3.67. The molecule has 21 heavy (non-hydrogen) atoms. The van der Waals surface area contributed by atoms with Gasteiger partial charge in [0.25, 0.3) is 0 Å². The zero-order chi connectivity index (χ0) is 15.8. The van der Waals surface area contributed by atoms with E-state index < -0.39 is 23.2 Å². The summed E-state index contributed by atoms with van der Waals surface area (Å²) in [5.41, 5.74) is -0.491. The molecule has 1 aromatic heterocycles. The van der Waals surface area contributed by atoms with E-state index in [2.05, 4.69) is 6.58 Å². The number of hydrogen-bond donors (Lipinski definition) is 1. The monoisotopic (exact) mass is 327 g/mol. The second-order valence-electron chi connectivity index (χ2n) is 5.83. The number of carboxylic acid groups (broad SMARTS) is 1. The molecule has 4 nitrogen and oxygen atoms in total. The van der Waals surface area contributed by atoms with Crippen LogP contribution in [0.25, 0.3) is 0 Å². The molecule has 0 saturated heterocycles. The van der Waals surface area contributed by atoms with Gasteiger partial charge >= 0.3 is 5.97 Å². The Hall–Kier alpha value is -1.33. The summed E-state index contributed by atoms with van der Waals surface area (Å²) in [6.45, 7) is 8.14. The number of carboxylic acids is 1. The van der Waals surface area contributed by atoms with Crippen LogP contribution >= 0.6 is 22.9 Å². The highest BCUT2D eigenvalue weighted by molar-refractivity contribution is 7.16. The molecule has 0 radical (unpaired) electrons. The SMILES string of the molecule is C=CCN(Cc1ccc(Cl)s1)C(=O)[C@H]1[C@@H](C(=O)O)C1(C)C. The summed E-state index contributed by atoms with van der Waals surface area (Å²) >= 11 is 7.32. The standard InChI is InChI=1S/C15H18ClNO3S/c1-4-7-17(8-9-5-6-10(16)21-9)13(18)11-12(14(19)20)15(11,2)3/h4-6,11-12H,1,7-8H2,2-3H3,(H,19,20)/t11-,12+/m1/s1. The number of nitrogens with zero attached hydrogens (tertiary/aromatic N) is 1. The van der Waals surface area contributed by atoms with Gasteiger partial charge in [0.2, 0.25) is 5.91 Å². The van der Waals surface area contributed by atoms with Crippen molar-refractivity contribution in [3.05, 3.63) is 34.0 Å². The maximum Gasteiger partial charge on any atom is 0.307 e. The van der Waals surface area contributed by atoms with Gasteiger partial charge in [0.05, 0.1) is 22.7 Å². The van der Waals surface area contributed by atoms with Crippen molar-refractivity contribution in [1.82, 2.24) is 4.90 Å². The molecule has 1 amide bonds. The van der Waals surface area contributed by atoms with Gasteiger partial charge in [-0.1, -0.05) is 31.5 Å². The number of amides is 1. The average molecular weight is 328 g/mol. The quantitative estimate of drug-likeness (QED) is 0.816. The lowest BCUT2D eigenvalue weighted by Crippen LogP contribution is -2.33. The minimum atomic E-state index is -0.906. The highest BCUT2D eigenvalue weighted by Crippen LogP contribution is 2.59. The van der Waals surface area contributed by atoms with Crippen molar-refractivity contribution in [2.24, 2.45) is 17.3 Å². The highest BCUT2D eigenvalue weighted by Gasteiger charge is 2.66. The Morgan fingerprint density at radius 2 is 2.14 bits per heavy atom. The molecule has 2 rings (SSSR count). The molecule has 1 fully saturated rings. The second-order valence-corrected chi connectivity index (χ2v) is 7.63. The van der Waals surface area contributed by atoms with Crippen LogP contribution in [-0.4, -0.2) is 28.4 Å². The first kappa shape index (κ1) is 16.0. The minimum Gasteiger partial charge on any atom is -0.481 e. The molecule has 114 valence electrons. The van der Waals surface area contributed by atoms with Crippen molar-refractivity contribution in [1.29, 1.82) is 0 Å². The van der Waals surface area contributed by atoms with Crippen molar-refractivity contribution < 1.29 is 14.7 Å². The van der Waals surface area contributed by atoms with Crippen molar-refractivity contribution in [3.63, 3.8) is 0 Å². The summed E-state index contributed by atoms with van der Waals surface area (Å²) in [4.78, 5) is 26.5. The van der Waals surface area contributed by atoms with Gasteiger partial charge in [0.1, 0.15) is 0 Å². The van der Waals surface area contributed by atoms with Crippen LogP contribution in [0.1, 0.15) is 18.7 Å². The Kier molecular flexibility index (Phi) is 4.44. The van der Waals surface area contributed by atoms with Crippen LogP contribution in [0.2, 0.25) is 4.34 Å². The minimum absolute atomic E-state index is 0.128. The number of thiophene rings is 1. The van der Waals surface area contributed by atoms with Crippen molar-refractivity contribution in [2.45, 2.75) is 20.4 Å². The van der Waals surface area contributed by atoms with Gasteiger partial charge < -0.3 is 10.0 Å². The highest BCUT2D eigenvalue weighted by atomic mass is 35.5. The third kappa shape index (κ3) is 3.14. The molecule has 0 unspecified atom stereocenters. The Morgan fingerprint density at radius 3 is 2.57 bits per heavy atom. The first-order valence-corrected chi connectivity index (χ1v) is 7.85. The summed E-state index contributed by atoms with van der Waals surface area (Å²) < 4.78 is 0.672. The Balaban J connectivity index is 2.13. The van der Waals surface area contributed by atoms with E-state index in [1.807, 2.05) is 19.9 Å². The predicted octanol–water partition coefficient (Wildman–Crippen LogP) is 3.27. The van der Waals surface area contributed by atoms with Crippen LogP contribution < -0.4 is 0 Å². The Bertz CT molecular complexity index is 581. The van der Waals surface area contributed by atoms with Crippen molar-refractivity contribution in [2.75, 3.05) is 6.54 Å². The van der Waals surface area contributed by atoms with Crippen LogP contribution in [0, 0.1) is 17.3 Å². The molecule has 0 spiro atoms. The fourth-order valence-electron chi connectivity index (χ4n) is 2.77. The van der Waals surface area contributed by atoms with E-state index >= 15 is 0 Å². The van der Waals surface area contributed by atoms with Gasteiger partial charge in [-0.25, -0.2) is 0 Å². The van der Waals surface area contributed by atoms with E-state index in [1.165, 1.54) is 11.3 Å². The van der Waals surface area contributed by atoms with Gasteiger partial charge in [-0.05, 0) is 17.5 Å². The van der Waals surface area contributed by atoms with Crippen LogP contribution in [0.3, 0.4) is 0 Å². The van der Waals surface area contributed by atoms with E-state index in [-0.39, 0.29) is 5.91 Å². The van der Waals surface area contributed by atoms with E-state index in [4.69, 9.17) is 11.6 Å². The van der Waals surface area contributed by atoms with Crippen LogP contribution in [-0.2, 0) is 16.1 Å². The van der Waals surface area contributed by atoms with Crippen LogP contribution in [0.15, 0.2) is 24.8 Å². The van der Waals surface area contributed by atoms with Crippen LogP contribution in [0.4, 0.5) is 0 Å². The summed E-state index contributed by atoms with van der Waals surface area (Å²) in [7, 11) is 0. The van der Waals surface area contributed by atoms with Gasteiger partial charge in [0, 0.05) is 11.4 Å². The molecule has 1 N–H and O–H groups in total. The zero-order valence-corrected chi connectivity index (χ0v) is 13.6. The lowest BCUT2D eigenvalue weighted by atomic mass is 10.1. The van der Waals surface area contributed by atoms with E-state index in [0.29, 0.717) is 17.4 Å². The summed E-state index contributed by atoms with van der Waals surface area (Å²) in [5.74, 6) is -2.11. The maximum absolute atomic E-state index is 12.6. The molecule has 0 aliphatic heterocycles. The molecular formula is C15H18ClNO3S. The molecular weight excluding hydrogens is 310 g/mol. The summed E-state index contributed by atoms with van der Waals surface area (Å²) in [5, 5.41) is 9.21. The lowest BCUT2D eigenvalue weighted by Gasteiger charge is -2.21. The third-order valence-electron chi connectivity index (χ3n) is 4.00. The van der Waals surface area contributed by atoms with Crippen LogP contribution in [0.5, 0.6) is 0 Å². The number of carbonyl (C=O) groups is 2. The average Bonchev–Trinajstić information content (AvgIpc) is 2.73.